The molecule has 1 saturated heterocycles. The lowest BCUT2D eigenvalue weighted by molar-refractivity contribution is -0.126. The van der Waals surface area contributed by atoms with Crippen LogP contribution < -0.4 is 20.7 Å². The Kier molecular flexibility index (Phi) is 7.47. The van der Waals surface area contributed by atoms with E-state index in [4.69, 9.17) is 21.1 Å². The summed E-state index contributed by atoms with van der Waals surface area (Å²) in [5.41, 5.74) is 0. The van der Waals surface area contributed by atoms with Crippen LogP contribution in [0.2, 0.25) is 5.02 Å². The van der Waals surface area contributed by atoms with Crippen molar-refractivity contribution in [2.45, 2.75) is 37.8 Å². The lowest BCUT2D eigenvalue weighted by Gasteiger charge is -2.28. The second-order valence-electron chi connectivity index (χ2n) is 7.11. The van der Waals surface area contributed by atoms with Crippen LogP contribution in [0, 0.1) is 11.7 Å². The Morgan fingerprint density at radius 2 is 2.07 bits per heavy atom. The van der Waals surface area contributed by atoms with Crippen molar-refractivity contribution >= 4 is 23.4 Å². The van der Waals surface area contributed by atoms with Gasteiger partial charge in [0.1, 0.15) is 11.6 Å². The third-order valence-corrected chi connectivity index (χ3v) is 5.33. The molecule has 0 aromatic heterocycles. The number of nitrogens with one attached hydrogen (secondary N) is 3. The molecule has 0 radical (unpaired) electrons. The summed E-state index contributed by atoms with van der Waals surface area (Å²) in [5.74, 6) is -0.593. The molecule has 1 heterocycles. The van der Waals surface area contributed by atoms with Gasteiger partial charge in [-0.15, -0.1) is 0 Å². The van der Waals surface area contributed by atoms with E-state index < -0.39 is 5.82 Å². The summed E-state index contributed by atoms with van der Waals surface area (Å²) < 4.78 is 24.1. The van der Waals surface area contributed by atoms with Gasteiger partial charge in [-0.1, -0.05) is 11.6 Å². The number of hydrogen-bond acceptors (Lipinski definition) is 5. The second-order valence-corrected chi connectivity index (χ2v) is 7.52. The summed E-state index contributed by atoms with van der Waals surface area (Å²) >= 11 is 5.61. The largest absolute Gasteiger partial charge is 0.484 e. The summed E-state index contributed by atoms with van der Waals surface area (Å²) in [4.78, 5) is 24.3. The van der Waals surface area contributed by atoms with Gasteiger partial charge in [-0.05, 0) is 37.8 Å². The Bertz CT molecular complexity index is 692. The van der Waals surface area contributed by atoms with Crippen molar-refractivity contribution < 1.29 is 23.5 Å². The molecule has 7 nitrogen and oxygen atoms in total. The van der Waals surface area contributed by atoms with Gasteiger partial charge >= 0.3 is 0 Å². The first kappa shape index (κ1) is 20.8. The SMILES string of the molecule is O=C(COc1ccc(Cl)c(F)c1)NC1CCC(C(=O)NCC2CNCO2)CC1. The number of halogens is 2. The van der Waals surface area contributed by atoms with Gasteiger partial charge < -0.3 is 20.1 Å². The summed E-state index contributed by atoms with van der Waals surface area (Å²) in [6, 6.07) is 4.05. The Labute approximate surface area is 168 Å². The molecule has 0 bridgehead atoms. The quantitative estimate of drug-likeness (QED) is 0.631. The second kappa shape index (κ2) is 10.0. The molecule has 2 amide bonds. The van der Waals surface area contributed by atoms with Gasteiger partial charge in [0.05, 0.1) is 17.9 Å². The molecule has 154 valence electrons. The number of carbonyl (C=O) groups is 2. The van der Waals surface area contributed by atoms with Gasteiger partial charge in [-0.3, -0.25) is 14.9 Å². The molecule has 1 unspecified atom stereocenters. The number of benzene rings is 1. The minimum Gasteiger partial charge on any atom is -0.484 e. The minimum absolute atomic E-state index is 0.00466. The van der Waals surface area contributed by atoms with E-state index in [9.17, 15) is 14.0 Å². The standard InChI is InChI=1S/C19H25ClFN3O4/c20-16-6-5-14(7-17(16)21)27-10-18(25)24-13-3-1-12(2-4-13)19(26)23-9-15-8-22-11-28-15/h5-7,12-13,15,22H,1-4,8-11H2,(H,23,26)(H,24,25). The lowest BCUT2D eigenvalue weighted by atomic mass is 9.85. The summed E-state index contributed by atoms with van der Waals surface area (Å²) in [5, 5.41) is 8.93. The molecule has 3 N–H and O–H groups in total. The number of ether oxygens (including phenoxy) is 2. The molecule has 1 aromatic rings. The van der Waals surface area contributed by atoms with E-state index in [1.54, 1.807) is 0 Å². The summed E-state index contributed by atoms with van der Waals surface area (Å²) in [6.45, 7) is 1.61. The van der Waals surface area contributed by atoms with Gasteiger partial charge in [-0.25, -0.2) is 4.39 Å². The zero-order chi connectivity index (χ0) is 19.9. The fourth-order valence-corrected chi connectivity index (χ4v) is 3.55. The van der Waals surface area contributed by atoms with Crippen molar-refractivity contribution in [1.29, 1.82) is 0 Å². The highest BCUT2D eigenvalue weighted by Gasteiger charge is 2.27. The number of amides is 2. The van der Waals surface area contributed by atoms with Crippen molar-refractivity contribution in [1.82, 2.24) is 16.0 Å². The number of hydrogen-bond donors (Lipinski definition) is 3. The minimum atomic E-state index is -0.591. The van der Waals surface area contributed by atoms with Crippen molar-refractivity contribution in [2.24, 2.45) is 5.92 Å². The van der Waals surface area contributed by atoms with E-state index in [0.717, 1.165) is 38.3 Å². The van der Waals surface area contributed by atoms with E-state index in [-0.39, 0.29) is 47.3 Å². The Balaban J connectivity index is 1.33. The van der Waals surface area contributed by atoms with E-state index in [2.05, 4.69) is 16.0 Å². The molecule has 2 aliphatic rings. The van der Waals surface area contributed by atoms with Crippen molar-refractivity contribution in [3.63, 3.8) is 0 Å². The van der Waals surface area contributed by atoms with Gasteiger partial charge in [0, 0.05) is 31.1 Å². The predicted octanol–water partition coefficient (Wildman–Crippen LogP) is 1.59. The van der Waals surface area contributed by atoms with Gasteiger partial charge in [0.15, 0.2) is 6.61 Å². The van der Waals surface area contributed by atoms with Crippen LogP contribution in [-0.4, -0.2) is 50.4 Å². The molecule has 1 saturated carbocycles. The first-order valence-electron chi connectivity index (χ1n) is 9.48. The Hall–Kier alpha value is -1.90. The normalized spacial score (nSPS) is 24.6. The van der Waals surface area contributed by atoms with E-state index in [1.807, 2.05) is 0 Å². The third kappa shape index (κ3) is 6.05. The Morgan fingerprint density at radius 1 is 1.29 bits per heavy atom. The van der Waals surface area contributed by atoms with Crippen molar-refractivity contribution in [2.75, 3.05) is 26.4 Å². The summed E-state index contributed by atoms with van der Waals surface area (Å²) in [7, 11) is 0. The maximum absolute atomic E-state index is 13.4. The predicted molar refractivity (Wildman–Crippen MR) is 102 cm³/mol. The first-order valence-corrected chi connectivity index (χ1v) is 9.86. The van der Waals surface area contributed by atoms with Crippen LogP contribution >= 0.6 is 11.6 Å². The topological polar surface area (TPSA) is 88.7 Å². The van der Waals surface area contributed by atoms with E-state index in [0.29, 0.717) is 13.3 Å². The average molecular weight is 414 g/mol. The molecule has 28 heavy (non-hydrogen) atoms. The maximum Gasteiger partial charge on any atom is 0.258 e. The average Bonchev–Trinajstić information content (AvgIpc) is 3.21. The Morgan fingerprint density at radius 3 is 2.75 bits per heavy atom. The highest BCUT2D eigenvalue weighted by Crippen LogP contribution is 2.25. The molecule has 3 rings (SSSR count). The monoisotopic (exact) mass is 413 g/mol. The fraction of sp³-hybridized carbons (Fsp3) is 0.579. The molecule has 1 aromatic carbocycles. The van der Waals surface area contributed by atoms with E-state index in [1.165, 1.54) is 12.1 Å². The fourth-order valence-electron chi connectivity index (χ4n) is 3.43. The van der Waals surface area contributed by atoms with Gasteiger partial charge in [0.2, 0.25) is 5.91 Å². The van der Waals surface area contributed by atoms with Crippen LogP contribution in [-0.2, 0) is 14.3 Å². The maximum atomic E-state index is 13.4. The number of carbonyl (C=O) groups excluding carboxylic acids is 2. The van der Waals surface area contributed by atoms with Crippen LogP contribution in [0.15, 0.2) is 18.2 Å². The van der Waals surface area contributed by atoms with Crippen LogP contribution in [0.3, 0.4) is 0 Å². The molecule has 1 aliphatic heterocycles. The van der Waals surface area contributed by atoms with Crippen LogP contribution in [0.1, 0.15) is 25.7 Å². The summed E-state index contributed by atoms with van der Waals surface area (Å²) in [6.07, 6.45) is 2.96. The zero-order valence-corrected chi connectivity index (χ0v) is 16.3. The van der Waals surface area contributed by atoms with Crippen molar-refractivity contribution in [3.8, 4) is 5.75 Å². The highest BCUT2D eigenvalue weighted by atomic mass is 35.5. The molecule has 9 heteroatoms. The van der Waals surface area contributed by atoms with E-state index >= 15 is 0 Å². The molecular formula is C19H25ClFN3O4. The molecule has 1 atom stereocenters. The highest BCUT2D eigenvalue weighted by molar-refractivity contribution is 6.30. The molecule has 0 spiro atoms. The number of rotatable bonds is 7. The third-order valence-electron chi connectivity index (χ3n) is 5.02. The zero-order valence-electron chi connectivity index (χ0n) is 15.5. The van der Waals surface area contributed by atoms with Crippen molar-refractivity contribution in [3.05, 3.63) is 29.0 Å². The van der Waals surface area contributed by atoms with Crippen LogP contribution in [0.25, 0.3) is 0 Å². The van der Waals surface area contributed by atoms with Gasteiger partial charge in [0.25, 0.3) is 5.91 Å². The molecular weight excluding hydrogens is 389 g/mol. The van der Waals surface area contributed by atoms with Gasteiger partial charge in [-0.2, -0.15) is 0 Å². The molecule has 1 aliphatic carbocycles. The first-order chi connectivity index (χ1) is 13.5. The van der Waals surface area contributed by atoms with Crippen LogP contribution in [0.4, 0.5) is 4.39 Å². The molecule has 2 fully saturated rings. The smallest absolute Gasteiger partial charge is 0.258 e. The van der Waals surface area contributed by atoms with Crippen LogP contribution in [0.5, 0.6) is 5.75 Å². The lowest BCUT2D eigenvalue weighted by Crippen LogP contribution is -2.43.